The number of rotatable bonds is 5. The molecule has 1 rings (SSSR count). The van der Waals surface area contributed by atoms with Gasteiger partial charge >= 0.3 is 0 Å². The standard InChI is InChI=1S/C11H22N2O3/c1-3-11(4-2,8-14)13-10(15)9-7-16-6-5-12-9/h9,12,14H,3-8H2,1-2H3,(H,13,15). The molecule has 0 radical (unpaired) electrons. The van der Waals surface area contributed by atoms with E-state index in [2.05, 4.69) is 10.6 Å². The Balaban J connectivity index is 2.53. The van der Waals surface area contributed by atoms with Gasteiger partial charge < -0.3 is 20.5 Å². The molecule has 94 valence electrons. The highest BCUT2D eigenvalue weighted by Crippen LogP contribution is 2.14. The third kappa shape index (κ3) is 3.17. The summed E-state index contributed by atoms with van der Waals surface area (Å²) in [5.74, 6) is -0.0857. The van der Waals surface area contributed by atoms with E-state index in [-0.39, 0.29) is 18.6 Å². The SMILES string of the molecule is CCC(CC)(CO)NC(=O)C1COCCN1. The fourth-order valence-electron chi connectivity index (χ4n) is 1.77. The van der Waals surface area contributed by atoms with Gasteiger partial charge in [0.15, 0.2) is 0 Å². The van der Waals surface area contributed by atoms with Gasteiger partial charge in [0.05, 0.1) is 25.4 Å². The van der Waals surface area contributed by atoms with Crippen molar-refractivity contribution in [2.24, 2.45) is 0 Å². The maximum absolute atomic E-state index is 11.9. The summed E-state index contributed by atoms with van der Waals surface area (Å²) in [4.78, 5) is 11.9. The average Bonchev–Trinajstić information content (AvgIpc) is 2.37. The molecule has 0 bridgehead atoms. The van der Waals surface area contributed by atoms with Gasteiger partial charge in [0.2, 0.25) is 5.91 Å². The topological polar surface area (TPSA) is 70.6 Å². The van der Waals surface area contributed by atoms with Crippen LogP contribution in [0.3, 0.4) is 0 Å². The van der Waals surface area contributed by atoms with Crippen molar-refractivity contribution >= 4 is 5.91 Å². The van der Waals surface area contributed by atoms with E-state index in [1.807, 2.05) is 13.8 Å². The molecule has 0 aromatic rings. The summed E-state index contributed by atoms with van der Waals surface area (Å²) in [6.45, 7) is 5.65. The Labute approximate surface area is 96.6 Å². The van der Waals surface area contributed by atoms with Crippen molar-refractivity contribution in [3.05, 3.63) is 0 Å². The summed E-state index contributed by atoms with van der Waals surface area (Å²) in [6.07, 6.45) is 1.44. The monoisotopic (exact) mass is 230 g/mol. The van der Waals surface area contributed by atoms with Crippen molar-refractivity contribution in [3.8, 4) is 0 Å². The number of ether oxygens (including phenoxy) is 1. The second-order valence-corrected chi connectivity index (χ2v) is 4.22. The fraction of sp³-hybridized carbons (Fsp3) is 0.909. The van der Waals surface area contributed by atoms with Gasteiger partial charge in [-0.25, -0.2) is 0 Å². The van der Waals surface area contributed by atoms with Crippen molar-refractivity contribution in [1.82, 2.24) is 10.6 Å². The Bertz CT molecular complexity index is 215. The fourth-order valence-corrected chi connectivity index (χ4v) is 1.77. The minimum atomic E-state index is -0.490. The maximum atomic E-state index is 11.9. The first kappa shape index (κ1) is 13.4. The molecule has 0 aliphatic carbocycles. The Morgan fingerprint density at radius 1 is 1.56 bits per heavy atom. The van der Waals surface area contributed by atoms with Gasteiger partial charge in [0.1, 0.15) is 6.04 Å². The number of amides is 1. The van der Waals surface area contributed by atoms with Gasteiger partial charge in [0.25, 0.3) is 0 Å². The molecule has 1 fully saturated rings. The molecule has 0 spiro atoms. The van der Waals surface area contributed by atoms with Crippen LogP contribution in [0.5, 0.6) is 0 Å². The normalized spacial score (nSPS) is 21.8. The van der Waals surface area contributed by atoms with E-state index < -0.39 is 5.54 Å². The van der Waals surface area contributed by atoms with Crippen LogP contribution in [0.1, 0.15) is 26.7 Å². The van der Waals surface area contributed by atoms with E-state index in [9.17, 15) is 9.90 Å². The first-order valence-corrected chi connectivity index (χ1v) is 5.91. The van der Waals surface area contributed by atoms with Crippen LogP contribution in [0.25, 0.3) is 0 Å². The van der Waals surface area contributed by atoms with Crippen LogP contribution in [-0.4, -0.2) is 49.0 Å². The molecular weight excluding hydrogens is 208 g/mol. The molecule has 3 N–H and O–H groups in total. The van der Waals surface area contributed by atoms with Crippen molar-refractivity contribution < 1.29 is 14.6 Å². The number of hydrogen-bond acceptors (Lipinski definition) is 4. The zero-order valence-corrected chi connectivity index (χ0v) is 10.1. The number of carbonyl (C=O) groups excluding carboxylic acids is 1. The molecule has 0 saturated carbocycles. The number of nitrogens with one attached hydrogen (secondary N) is 2. The van der Waals surface area contributed by atoms with Crippen molar-refractivity contribution in [2.45, 2.75) is 38.3 Å². The smallest absolute Gasteiger partial charge is 0.240 e. The van der Waals surface area contributed by atoms with Crippen LogP contribution in [0.2, 0.25) is 0 Å². The van der Waals surface area contributed by atoms with Crippen LogP contribution in [0.4, 0.5) is 0 Å². The maximum Gasteiger partial charge on any atom is 0.240 e. The summed E-state index contributed by atoms with van der Waals surface area (Å²) >= 11 is 0. The second kappa shape index (κ2) is 6.18. The molecule has 1 amide bonds. The first-order valence-electron chi connectivity index (χ1n) is 5.91. The molecule has 0 aromatic heterocycles. The highest BCUT2D eigenvalue weighted by molar-refractivity contribution is 5.82. The highest BCUT2D eigenvalue weighted by atomic mass is 16.5. The zero-order valence-electron chi connectivity index (χ0n) is 10.1. The molecule has 1 heterocycles. The largest absolute Gasteiger partial charge is 0.394 e. The van der Waals surface area contributed by atoms with Gasteiger partial charge in [-0.15, -0.1) is 0 Å². The van der Waals surface area contributed by atoms with Gasteiger partial charge in [-0.05, 0) is 12.8 Å². The number of aliphatic hydroxyl groups is 1. The Morgan fingerprint density at radius 3 is 2.69 bits per heavy atom. The molecule has 16 heavy (non-hydrogen) atoms. The Hall–Kier alpha value is -0.650. The Kier molecular flexibility index (Phi) is 5.18. The summed E-state index contributed by atoms with van der Waals surface area (Å²) in [5, 5.41) is 15.4. The van der Waals surface area contributed by atoms with Crippen LogP contribution >= 0.6 is 0 Å². The van der Waals surface area contributed by atoms with Gasteiger partial charge in [-0.1, -0.05) is 13.8 Å². The van der Waals surface area contributed by atoms with E-state index in [1.54, 1.807) is 0 Å². The molecule has 5 heteroatoms. The van der Waals surface area contributed by atoms with Crippen molar-refractivity contribution in [3.63, 3.8) is 0 Å². The predicted molar refractivity (Wildman–Crippen MR) is 61.2 cm³/mol. The summed E-state index contributed by atoms with van der Waals surface area (Å²) in [7, 11) is 0. The summed E-state index contributed by atoms with van der Waals surface area (Å²) in [6, 6.07) is -0.294. The van der Waals surface area contributed by atoms with Crippen molar-refractivity contribution in [1.29, 1.82) is 0 Å². The van der Waals surface area contributed by atoms with Gasteiger partial charge in [-0.2, -0.15) is 0 Å². The number of aliphatic hydroxyl groups excluding tert-OH is 1. The van der Waals surface area contributed by atoms with Crippen LogP contribution in [0, 0.1) is 0 Å². The number of carbonyl (C=O) groups is 1. The molecule has 1 unspecified atom stereocenters. The zero-order chi connectivity index (χ0) is 12.0. The summed E-state index contributed by atoms with van der Waals surface area (Å²) in [5.41, 5.74) is -0.490. The molecule has 5 nitrogen and oxygen atoms in total. The highest BCUT2D eigenvalue weighted by Gasteiger charge is 2.31. The van der Waals surface area contributed by atoms with E-state index in [4.69, 9.17) is 4.74 Å². The molecule has 1 aliphatic heterocycles. The summed E-state index contributed by atoms with van der Waals surface area (Å²) < 4.78 is 5.23. The lowest BCUT2D eigenvalue weighted by Gasteiger charge is -2.33. The van der Waals surface area contributed by atoms with E-state index >= 15 is 0 Å². The Morgan fingerprint density at radius 2 is 2.25 bits per heavy atom. The van der Waals surface area contributed by atoms with Gasteiger partial charge in [0, 0.05) is 6.54 Å². The average molecular weight is 230 g/mol. The molecule has 1 atom stereocenters. The number of morpholine rings is 1. The van der Waals surface area contributed by atoms with Crippen LogP contribution < -0.4 is 10.6 Å². The van der Waals surface area contributed by atoms with Crippen LogP contribution in [0.15, 0.2) is 0 Å². The number of hydrogen-bond donors (Lipinski definition) is 3. The van der Waals surface area contributed by atoms with E-state index in [0.717, 1.165) is 12.8 Å². The van der Waals surface area contributed by atoms with Crippen molar-refractivity contribution in [2.75, 3.05) is 26.4 Å². The quantitative estimate of drug-likeness (QED) is 0.603. The molecule has 1 saturated heterocycles. The third-order valence-electron chi connectivity index (χ3n) is 3.28. The first-order chi connectivity index (χ1) is 7.67. The third-order valence-corrected chi connectivity index (χ3v) is 3.28. The molecule has 0 aromatic carbocycles. The van der Waals surface area contributed by atoms with Crippen LogP contribution in [-0.2, 0) is 9.53 Å². The molecular formula is C11H22N2O3. The van der Waals surface area contributed by atoms with Gasteiger partial charge in [-0.3, -0.25) is 4.79 Å². The lowest BCUT2D eigenvalue weighted by Crippen LogP contribution is -2.58. The molecule has 1 aliphatic rings. The predicted octanol–water partition coefficient (Wildman–Crippen LogP) is -0.358. The lowest BCUT2D eigenvalue weighted by molar-refractivity contribution is -0.128. The van der Waals surface area contributed by atoms with E-state index in [0.29, 0.717) is 19.8 Å². The second-order valence-electron chi connectivity index (χ2n) is 4.22. The minimum absolute atomic E-state index is 0.0285. The van der Waals surface area contributed by atoms with E-state index in [1.165, 1.54) is 0 Å². The lowest BCUT2D eigenvalue weighted by atomic mass is 9.93. The minimum Gasteiger partial charge on any atom is -0.394 e.